The Labute approximate surface area is 131 Å². The van der Waals surface area contributed by atoms with E-state index in [2.05, 4.69) is 32.0 Å². The molecule has 0 saturated heterocycles. The molecule has 22 heavy (non-hydrogen) atoms. The van der Waals surface area contributed by atoms with E-state index in [1.54, 1.807) is 0 Å². The van der Waals surface area contributed by atoms with Crippen molar-refractivity contribution in [1.29, 1.82) is 0 Å². The molecular weight excluding hydrogens is 274 g/mol. The van der Waals surface area contributed by atoms with Gasteiger partial charge in [-0.05, 0) is 42.4 Å². The second-order valence-electron chi connectivity index (χ2n) is 6.88. The largest absolute Gasteiger partial charge is 0.477 e. The van der Waals surface area contributed by atoms with Crippen LogP contribution in [0.1, 0.15) is 67.9 Å². The number of carboxylic acid groups (broad SMARTS) is 1. The Hall–Kier alpha value is -1.77. The van der Waals surface area contributed by atoms with Crippen LogP contribution in [0.5, 0.6) is 0 Å². The Morgan fingerprint density at radius 2 is 2.00 bits per heavy atom. The van der Waals surface area contributed by atoms with Crippen LogP contribution >= 0.6 is 0 Å². The van der Waals surface area contributed by atoms with Gasteiger partial charge in [0.2, 0.25) is 0 Å². The van der Waals surface area contributed by atoms with Crippen LogP contribution in [0, 0.1) is 5.92 Å². The second kappa shape index (κ2) is 6.15. The summed E-state index contributed by atoms with van der Waals surface area (Å²) in [5.74, 6) is 0.197. The van der Waals surface area contributed by atoms with Crippen molar-refractivity contribution in [2.45, 2.75) is 58.4 Å². The fourth-order valence-corrected chi connectivity index (χ4v) is 3.81. The lowest BCUT2D eigenvalue weighted by Gasteiger charge is -2.23. The predicted octanol–water partition coefficient (Wildman–Crippen LogP) is 5.04. The lowest BCUT2D eigenvalue weighted by molar-refractivity contribution is 0.0684. The number of carbonyl (C=O) groups is 1. The third kappa shape index (κ3) is 2.77. The van der Waals surface area contributed by atoms with Gasteiger partial charge in [-0.15, -0.1) is 0 Å². The number of nitrogens with zero attached hydrogens (tertiary/aromatic N) is 1. The first-order valence-corrected chi connectivity index (χ1v) is 8.43. The summed E-state index contributed by atoms with van der Waals surface area (Å²) < 4.78 is 2.04. The summed E-state index contributed by atoms with van der Waals surface area (Å²) in [6, 6.07) is 8.11. The zero-order chi connectivity index (χ0) is 15.7. The van der Waals surface area contributed by atoms with E-state index in [9.17, 15) is 9.90 Å². The molecule has 0 spiro atoms. The van der Waals surface area contributed by atoms with Gasteiger partial charge in [-0.2, -0.15) is 0 Å². The normalized spacial score (nSPS) is 16.5. The fraction of sp³-hybridized carbons (Fsp3) is 0.526. The summed E-state index contributed by atoms with van der Waals surface area (Å²) in [4.78, 5) is 11.7. The first kappa shape index (κ1) is 15.1. The molecule has 0 unspecified atom stereocenters. The van der Waals surface area contributed by atoms with E-state index < -0.39 is 5.97 Å². The van der Waals surface area contributed by atoms with Crippen molar-refractivity contribution in [2.75, 3.05) is 0 Å². The minimum Gasteiger partial charge on any atom is -0.477 e. The van der Waals surface area contributed by atoms with Gasteiger partial charge in [-0.1, -0.05) is 45.2 Å². The third-order valence-corrected chi connectivity index (χ3v) is 4.99. The molecule has 1 N–H and O–H groups in total. The summed E-state index contributed by atoms with van der Waals surface area (Å²) in [6.45, 7) is 5.16. The van der Waals surface area contributed by atoms with Crippen molar-refractivity contribution in [3.8, 4) is 0 Å². The van der Waals surface area contributed by atoms with E-state index in [0.717, 1.165) is 17.4 Å². The van der Waals surface area contributed by atoms with Crippen LogP contribution in [-0.2, 0) is 6.54 Å². The highest BCUT2D eigenvalue weighted by molar-refractivity contribution is 5.96. The monoisotopic (exact) mass is 299 g/mol. The van der Waals surface area contributed by atoms with Crippen LogP contribution in [0.15, 0.2) is 24.3 Å². The van der Waals surface area contributed by atoms with Crippen molar-refractivity contribution >= 4 is 16.9 Å². The molecule has 0 atom stereocenters. The number of hydrogen-bond acceptors (Lipinski definition) is 1. The Bertz CT molecular complexity index is 678. The Morgan fingerprint density at radius 3 is 2.64 bits per heavy atom. The molecule has 0 radical (unpaired) electrons. The van der Waals surface area contributed by atoms with Gasteiger partial charge in [-0.25, -0.2) is 4.79 Å². The van der Waals surface area contributed by atoms with Crippen molar-refractivity contribution in [3.05, 3.63) is 35.5 Å². The first-order chi connectivity index (χ1) is 10.6. The maximum absolute atomic E-state index is 11.7. The van der Waals surface area contributed by atoms with Crippen LogP contribution in [0.4, 0.5) is 0 Å². The molecule has 3 nitrogen and oxygen atoms in total. The van der Waals surface area contributed by atoms with E-state index in [4.69, 9.17) is 0 Å². The zero-order valence-corrected chi connectivity index (χ0v) is 13.5. The maximum atomic E-state index is 11.7. The molecule has 3 rings (SSSR count). The Kier molecular flexibility index (Phi) is 4.23. The van der Waals surface area contributed by atoms with Crippen molar-refractivity contribution < 1.29 is 9.90 Å². The minimum absolute atomic E-state index is 0.399. The van der Waals surface area contributed by atoms with Crippen LogP contribution < -0.4 is 0 Å². The number of benzene rings is 1. The van der Waals surface area contributed by atoms with E-state index in [1.165, 1.54) is 37.7 Å². The topological polar surface area (TPSA) is 42.2 Å². The van der Waals surface area contributed by atoms with Gasteiger partial charge in [0.15, 0.2) is 0 Å². The highest BCUT2D eigenvalue weighted by Crippen LogP contribution is 2.31. The molecule has 118 valence electrons. The number of aromatic nitrogens is 1. The molecule has 1 fully saturated rings. The maximum Gasteiger partial charge on any atom is 0.352 e. The Morgan fingerprint density at radius 1 is 1.27 bits per heavy atom. The third-order valence-electron chi connectivity index (χ3n) is 4.99. The predicted molar refractivity (Wildman–Crippen MR) is 89.6 cm³/mol. The number of rotatable bonds is 4. The van der Waals surface area contributed by atoms with Crippen molar-refractivity contribution in [1.82, 2.24) is 4.57 Å². The molecule has 0 bridgehead atoms. The van der Waals surface area contributed by atoms with Gasteiger partial charge in [0.05, 0.1) is 0 Å². The van der Waals surface area contributed by atoms with Gasteiger partial charge in [0.1, 0.15) is 5.69 Å². The van der Waals surface area contributed by atoms with E-state index in [1.807, 2.05) is 10.6 Å². The van der Waals surface area contributed by atoms with Gasteiger partial charge >= 0.3 is 5.97 Å². The average Bonchev–Trinajstić information content (AvgIpc) is 2.87. The fourth-order valence-electron chi connectivity index (χ4n) is 3.81. The first-order valence-electron chi connectivity index (χ1n) is 8.43. The van der Waals surface area contributed by atoms with Crippen LogP contribution in [0.25, 0.3) is 10.9 Å². The lowest BCUT2D eigenvalue weighted by Crippen LogP contribution is -2.17. The van der Waals surface area contributed by atoms with Crippen LogP contribution in [0.2, 0.25) is 0 Å². The van der Waals surface area contributed by atoms with Gasteiger partial charge < -0.3 is 9.67 Å². The van der Waals surface area contributed by atoms with Gasteiger partial charge in [-0.3, -0.25) is 0 Å². The number of hydrogen-bond donors (Lipinski definition) is 1. The number of aromatic carboxylic acids is 1. The summed E-state index contributed by atoms with van der Waals surface area (Å²) >= 11 is 0. The standard InChI is InChI=1S/C19H25NO2/c1-13(2)15-9-6-10-17-16(15)11-18(19(21)22)20(17)12-14-7-4-3-5-8-14/h6,9-11,13-14H,3-5,7-8,12H2,1-2H3,(H,21,22). The molecule has 1 aromatic heterocycles. The summed E-state index contributed by atoms with van der Waals surface area (Å²) in [5, 5.41) is 10.7. The van der Waals surface area contributed by atoms with E-state index in [-0.39, 0.29) is 0 Å². The smallest absolute Gasteiger partial charge is 0.352 e. The summed E-state index contributed by atoms with van der Waals surface area (Å²) in [7, 11) is 0. The quantitative estimate of drug-likeness (QED) is 0.859. The SMILES string of the molecule is CC(C)c1cccc2c1cc(C(=O)O)n2CC1CCCCC1. The molecule has 2 aromatic rings. The molecule has 1 saturated carbocycles. The van der Waals surface area contributed by atoms with Crippen molar-refractivity contribution in [3.63, 3.8) is 0 Å². The zero-order valence-electron chi connectivity index (χ0n) is 13.5. The minimum atomic E-state index is -0.818. The second-order valence-corrected chi connectivity index (χ2v) is 6.88. The number of carboxylic acids is 1. The van der Waals surface area contributed by atoms with Gasteiger partial charge in [0, 0.05) is 17.4 Å². The van der Waals surface area contributed by atoms with Gasteiger partial charge in [0.25, 0.3) is 0 Å². The molecule has 0 aliphatic heterocycles. The highest BCUT2D eigenvalue weighted by atomic mass is 16.4. The molecule has 1 heterocycles. The Balaban J connectivity index is 2.07. The molecule has 3 heteroatoms. The molecular formula is C19H25NO2. The van der Waals surface area contributed by atoms with Crippen LogP contribution in [-0.4, -0.2) is 15.6 Å². The van der Waals surface area contributed by atoms with Crippen LogP contribution in [0.3, 0.4) is 0 Å². The summed E-state index contributed by atoms with van der Waals surface area (Å²) in [6.07, 6.45) is 6.34. The molecule has 1 aromatic carbocycles. The van der Waals surface area contributed by atoms with E-state index >= 15 is 0 Å². The van der Waals surface area contributed by atoms with E-state index in [0.29, 0.717) is 17.5 Å². The number of fused-ring (bicyclic) bond motifs is 1. The highest BCUT2D eigenvalue weighted by Gasteiger charge is 2.21. The average molecular weight is 299 g/mol. The lowest BCUT2D eigenvalue weighted by atomic mass is 9.89. The molecule has 1 aliphatic carbocycles. The van der Waals surface area contributed by atoms with Crippen molar-refractivity contribution in [2.24, 2.45) is 5.92 Å². The summed E-state index contributed by atoms with van der Waals surface area (Å²) in [5.41, 5.74) is 2.75. The molecule has 0 amide bonds. The molecule has 1 aliphatic rings.